The van der Waals surface area contributed by atoms with Gasteiger partial charge in [-0.25, -0.2) is 0 Å². The molecule has 0 bridgehead atoms. The van der Waals surface area contributed by atoms with E-state index in [4.69, 9.17) is 9.84 Å². The average Bonchev–Trinajstić information content (AvgIpc) is 2.75. The number of carboxylic acids is 1. The minimum absolute atomic E-state index is 0.204. The van der Waals surface area contributed by atoms with Crippen LogP contribution in [-0.2, 0) is 19.1 Å². The van der Waals surface area contributed by atoms with E-state index in [1.807, 2.05) is 0 Å². The summed E-state index contributed by atoms with van der Waals surface area (Å²) in [6.07, 6.45) is 24.1. The van der Waals surface area contributed by atoms with Gasteiger partial charge >= 0.3 is 17.9 Å². The van der Waals surface area contributed by atoms with E-state index in [1.165, 1.54) is 77.0 Å². The lowest BCUT2D eigenvalue weighted by Gasteiger charge is -2.04. The van der Waals surface area contributed by atoms with Crippen LogP contribution in [-0.4, -0.2) is 23.0 Å². The molecule has 0 rings (SSSR count). The summed E-state index contributed by atoms with van der Waals surface area (Å²) in [6.45, 7) is 2.26. The summed E-state index contributed by atoms with van der Waals surface area (Å²) in [5.41, 5.74) is 0. The summed E-state index contributed by atoms with van der Waals surface area (Å²) in [7, 11) is 0. The Kier molecular flexibility index (Phi) is 23.2. The molecule has 0 fully saturated rings. The van der Waals surface area contributed by atoms with Gasteiger partial charge in [0.2, 0.25) is 0 Å². The first-order valence-electron chi connectivity index (χ1n) is 13.5. The van der Waals surface area contributed by atoms with E-state index in [0.717, 1.165) is 38.5 Å². The predicted molar refractivity (Wildman–Crippen MR) is 131 cm³/mol. The van der Waals surface area contributed by atoms with Crippen LogP contribution >= 0.6 is 0 Å². The number of unbranched alkanes of at least 4 members (excludes halogenated alkanes) is 18. The molecule has 5 heteroatoms. The van der Waals surface area contributed by atoms with Crippen LogP contribution in [0.2, 0.25) is 0 Å². The van der Waals surface area contributed by atoms with Crippen LogP contribution < -0.4 is 0 Å². The second-order valence-electron chi connectivity index (χ2n) is 9.21. The number of carboxylic acid groups (broad SMARTS) is 1. The number of hydrogen-bond acceptors (Lipinski definition) is 4. The van der Waals surface area contributed by atoms with Crippen molar-refractivity contribution < 1.29 is 24.2 Å². The Labute approximate surface area is 197 Å². The predicted octanol–water partition coefficient (Wildman–Crippen LogP) is 8.13. The molecular weight excluding hydrogens is 404 g/mol. The quantitative estimate of drug-likeness (QED) is 0.0904. The van der Waals surface area contributed by atoms with E-state index in [0.29, 0.717) is 19.3 Å². The highest BCUT2D eigenvalue weighted by Gasteiger charge is 2.10. The molecule has 1 N–H and O–H groups in total. The fraction of sp³-hybridized carbons (Fsp3) is 0.889. The summed E-state index contributed by atoms with van der Waals surface area (Å²) in [5.74, 6) is -1.59. The molecule has 0 aromatic heterocycles. The molecule has 5 nitrogen and oxygen atoms in total. The summed E-state index contributed by atoms with van der Waals surface area (Å²) < 4.78 is 4.87. The average molecular weight is 455 g/mol. The first-order chi connectivity index (χ1) is 15.6. The fourth-order valence-corrected chi connectivity index (χ4v) is 3.95. The summed E-state index contributed by atoms with van der Waals surface area (Å²) in [6, 6.07) is 0. The summed E-state index contributed by atoms with van der Waals surface area (Å²) in [4.78, 5) is 33.8. The van der Waals surface area contributed by atoms with Crippen molar-refractivity contribution in [1.82, 2.24) is 0 Å². The van der Waals surface area contributed by atoms with Crippen molar-refractivity contribution in [2.45, 2.75) is 155 Å². The first kappa shape index (κ1) is 30.6. The van der Waals surface area contributed by atoms with E-state index >= 15 is 0 Å². The molecule has 32 heavy (non-hydrogen) atoms. The molecule has 0 aromatic carbocycles. The van der Waals surface area contributed by atoms with Crippen LogP contribution in [0.1, 0.15) is 155 Å². The van der Waals surface area contributed by atoms with Crippen molar-refractivity contribution >= 4 is 17.9 Å². The van der Waals surface area contributed by atoms with E-state index in [-0.39, 0.29) is 12.8 Å². The van der Waals surface area contributed by atoms with E-state index in [2.05, 4.69) is 6.92 Å². The lowest BCUT2D eigenvalue weighted by molar-refractivity contribution is -0.159. The molecule has 0 saturated carbocycles. The SMILES string of the molecule is CCCCCCCCCCCCCCCCCC(=O)OC(=O)CCCCCCCC(=O)O. The molecule has 0 amide bonds. The van der Waals surface area contributed by atoms with Crippen molar-refractivity contribution in [2.24, 2.45) is 0 Å². The molecule has 0 atom stereocenters. The zero-order valence-electron chi connectivity index (χ0n) is 20.8. The van der Waals surface area contributed by atoms with E-state index < -0.39 is 17.9 Å². The molecule has 0 aliphatic carbocycles. The highest BCUT2D eigenvalue weighted by Crippen LogP contribution is 2.14. The largest absolute Gasteiger partial charge is 0.481 e. The lowest BCUT2D eigenvalue weighted by Crippen LogP contribution is -2.11. The van der Waals surface area contributed by atoms with Gasteiger partial charge in [0.05, 0.1) is 0 Å². The fourth-order valence-electron chi connectivity index (χ4n) is 3.95. The Hall–Kier alpha value is -1.39. The van der Waals surface area contributed by atoms with Crippen LogP contribution in [0.3, 0.4) is 0 Å². The van der Waals surface area contributed by atoms with Crippen LogP contribution in [0, 0.1) is 0 Å². The van der Waals surface area contributed by atoms with Gasteiger partial charge in [-0.1, -0.05) is 116 Å². The first-order valence-corrected chi connectivity index (χ1v) is 13.5. The molecule has 0 saturated heterocycles. The van der Waals surface area contributed by atoms with Gasteiger partial charge in [0, 0.05) is 19.3 Å². The molecule has 0 heterocycles. The maximum absolute atomic E-state index is 11.7. The summed E-state index contributed by atoms with van der Waals surface area (Å²) >= 11 is 0. The zero-order valence-corrected chi connectivity index (χ0v) is 20.8. The maximum atomic E-state index is 11.7. The van der Waals surface area contributed by atoms with Crippen LogP contribution in [0.25, 0.3) is 0 Å². The molecule has 0 radical (unpaired) electrons. The molecule has 0 aliphatic rings. The number of rotatable bonds is 24. The third-order valence-electron chi connectivity index (χ3n) is 5.98. The van der Waals surface area contributed by atoms with Gasteiger partial charge in [0.25, 0.3) is 0 Å². The van der Waals surface area contributed by atoms with Gasteiger partial charge < -0.3 is 9.84 Å². The Morgan fingerprint density at radius 3 is 1.06 bits per heavy atom. The second-order valence-corrected chi connectivity index (χ2v) is 9.21. The standard InChI is InChI=1S/C27H50O5/c1-2-3-4-5-6-7-8-9-10-11-12-13-14-17-20-23-26(30)32-27(31)24-21-18-15-16-19-22-25(28)29/h2-24H2,1H3,(H,28,29). The van der Waals surface area contributed by atoms with Crippen molar-refractivity contribution in [3.8, 4) is 0 Å². The number of carbonyl (C=O) groups is 3. The minimum Gasteiger partial charge on any atom is -0.481 e. The Balaban J connectivity index is 3.30. The van der Waals surface area contributed by atoms with Crippen molar-refractivity contribution in [3.63, 3.8) is 0 Å². The monoisotopic (exact) mass is 454 g/mol. The molecule has 188 valence electrons. The number of esters is 2. The topological polar surface area (TPSA) is 80.7 Å². The van der Waals surface area contributed by atoms with Crippen molar-refractivity contribution in [1.29, 1.82) is 0 Å². The van der Waals surface area contributed by atoms with E-state index in [9.17, 15) is 14.4 Å². The highest BCUT2D eigenvalue weighted by atomic mass is 16.6. The molecule has 0 aromatic rings. The van der Waals surface area contributed by atoms with Gasteiger partial charge in [-0.3, -0.25) is 14.4 Å². The lowest BCUT2D eigenvalue weighted by atomic mass is 10.0. The number of carbonyl (C=O) groups excluding carboxylic acids is 2. The van der Waals surface area contributed by atoms with Gasteiger partial charge in [0.1, 0.15) is 0 Å². The van der Waals surface area contributed by atoms with E-state index in [1.54, 1.807) is 0 Å². The van der Waals surface area contributed by atoms with Crippen molar-refractivity contribution in [3.05, 3.63) is 0 Å². The number of hydrogen-bond donors (Lipinski definition) is 1. The minimum atomic E-state index is -0.763. The van der Waals surface area contributed by atoms with Gasteiger partial charge in [0.15, 0.2) is 0 Å². The Morgan fingerprint density at radius 2 is 0.750 bits per heavy atom. The molecule has 0 aliphatic heterocycles. The van der Waals surface area contributed by atoms with Gasteiger partial charge in [-0.2, -0.15) is 0 Å². The highest BCUT2D eigenvalue weighted by molar-refractivity contribution is 5.85. The van der Waals surface area contributed by atoms with Gasteiger partial charge in [-0.05, 0) is 19.3 Å². The number of ether oxygens (including phenoxy) is 1. The summed E-state index contributed by atoms with van der Waals surface area (Å²) in [5, 5.41) is 8.56. The Morgan fingerprint density at radius 1 is 0.469 bits per heavy atom. The maximum Gasteiger partial charge on any atom is 0.313 e. The molecule has 0 spiro atoms. The smallest absolute Gasteiger partial charge is 0.313 e. The second kappa shape index (κ2) is 24.3. The normalized spacial score (nSPS) is 10.9. The molecular formula is C27H50O5. The van der Waals surface area contributed by atoms with Crippen molar-refractivity contribution in [2.75, 3.05) is 0 Å². The van der Waals surface area contributed by atoms with Gasteiger partial charge in [-0.15, -0.1) is 0 Å². The number of aliphatic carboxylic acids is 1. The third kappa shape index (κ3) is 24.9. The zero-order chi connectivity index (χ0) is 23.7. The van der Waals surface area contributed by atoms with Crippen LogP contribution in [0.5, 0.6) is 0 Å². The van der Waals surface area contributed by atoms with Crippen LogP contribution in [0.15, 0.2) is 0 Å². The molecule has 0 unspecified atom stereocenters. The van der Waals surface area contributed by atoms with Crippen LogP contribution in [0.4, 0.5) is 0 Å². The third-order valence-corrected chi connectivity index (χ3v) is 5.98. The Bertz CT molecular complexity index is 461.